The van der Waals surface area contributed by atoms with Crippen LogP contribution >= 0.6 is 11.8 Å². The molecule has 0 heterocycles. The van der Waals surface area contributed by atoms with E-state index in [1.807, 2.05) is 26.3 Å². The van der Waals surface area contributed by atoms with Crippen molar-refractivity contribution in [3.8, 4) is 0 Å². The molecule has 4 nitrogen and oxygen atoms in total. The summed E-state index contributed by atoms with van der Waals surface area (Å²) in [5, 5.41) is 3.05. The smallest absolute Gasteiger partial charge is 0.240 e. The lowest BCUT2D eigenvalue weighted by molar-refractivity contribution is 0.581. The van der Waals surface area contributed by atoms with E-state index >= 15 is 0 Å². The SMILES string of the molecule is CNCc1cc(S(=O)(=O)NCCCSC)ccc1C. The number of sulfonamides is 1. The molecular formula is C13H22N2O2S2. The Morgan fingerprint density at radius 2 is 2.05 bits per heavy atom. The molecule has 1 rings (SSSR count). The van der Waals surface area contributed by atoms with Crippen molar-refractivity contribution < 1.29 is 8.42 Å². The molecule has 6 heteroatoms. The van der Waals surface area contributed by atoms with E-state index < -0.39 is 10.0 Å². The number of rotatable bonds is 8. The molecule has 0 aliphatic heterocycles. The fourth-order valence-electron chi connectivity index (χ4n) is 1.70. The van der Waals surface area contributed by atoms with Crippen molar-refractivity contribution >= 4 is 21.8 Å². The zero-order chi connectivity index (χ0) is 14.3. The molecule has 0 aromatic heterocycles. The second-order valence-corrected chi connectivity index (χ2v) is 7.12. The number of hydrogen-bond acceptors (Lipinski definition) is 4. The van der Waals surface area contributed by atoms with Crippen LogP contribution in [0.1, 0.15) is 17.5 Å². The first kappa shape index (κ1) is 16.5. The highest BCUT2D eigenvalue weighted by Gasteiger charge is 2.14. The summed E-state index contributed by atoms with van der Waals surface area (Å²) in [4.78, 5) is 0.340. The van der Waals surface area contributed by atoms with Crippen LogP contribution in [0.3, 0.4) is 0 Å². The van der Waals surface area contributed by atoms with E-state index in [-0.39, 0.29) is 0 Å². The van der Waals surface area contributed by atoms with Crippen molar-refractivity contribution in [1.82, 2.24) is 10.0 Å². The summed E-state index contributed by atoms with van der Waals surface area (Å²) >= 11 is 1.72. The van der Waals surface area contributed by atoms with Gasteiger partial charge in [-0.1, -0.05) is 6.07 Å². The summed E-state index contributed by atoms with van der Waals surface area (Å²) in [7, 11) is -1.54. The molecule has 0 unspecified atom stereocenters. The van der Waals surface area contributed by atoms with Crippen LogP contribution in [0.15, 0.2) is 23.1 Å². The molecule has 0 spiro atoms. The maximum atomic E-state index is 12.1. The van der Waals surface area contributed by atoms with Gasteiger partial charge in [-0.05, 0) is 55.7 Å². The minimum atomic E-state index is -3.39. The Bertz CT molecular complexity index is 501. The molecule has 1 aromatic rings. The third kappa shape index (κ3) is 5.14. The third-order valence-electron chi connectivity index (χ3n) is 2.82. The summed E-state index contributed by atoms with van der Waals surface area (Å²) < 4.78 is 26.9. The van der Waals surface area contributed by atoms with E-state index in [2.05, 4.69) is 10.0 Å². The molecule has 0 bridgehead atoms. The van der Waals surface area contributed by atoms with Crippen LogP contribution in [-0.4, -0.2) is 34.0 Å². The first-order valence-electron chi connectivity index (χ1n) is 6.24. The van der Waals surface area contributed by atoms with Crippen molar-refractivity contribution in [3.63, 3.8) is 0 Å². The van der Waals surface area contributed by atoms with Gasteiger partial charge < -0.3 is 5.32 Å². The van der Waals surface area contributed by atoms with Gasteiger partial charge >= 0.3 is 0 Å². The van der Waals surface area contributed by atoms with Crippen LogP contribution in [0.25, 0.3) is 0 Å². The van der Waals surface area contributed by atoms with Gasteiger partial charge in [0, 0.05) is 13.1 Å². The van der Waals surface area contributed by atoms with Crippen molar-refractivity contribution in [2.24, 2.45) is 0 Å². The second-order valence-electron chi connectivity index (χ2n) is 4.36. The molecule has 0 saturated carbocycles. The molecular weight excluding hydrogens is 280 g/mol. The largest absolute Gasteiger partial charge is 0.316 e. The summed E-state index contributed by atoms with van der Waals surface area (Å²) in [6, 6.07) is 5.25. The Morgan fingerprint density at radius 1 is 1.32 bits per heavy atom. The number of benzene rings is 1. The lowest BCUT2D eigenvalue weighted by Gasteiger charge is -2.10. The van der Waals surface area contributed by atoms with Gasteiger partial charge in [-0.2, -0.15) is 11.8 Å². The van der Waals surface area contributed by atoms with Gasteiger partial charge in [0.2, 0.25) is 10.0 Å². The van der Waals surface area contributed by atoms with E-state index in [0.717, 1.165) is 23.3 Å². The van der Waals surface area contributed by atoms with Crippen LogP contribution in [-0.2, 0) is 16.6 Å². The highest BCUT2D eigenvalue weighted by molar-refractivity contribution is 7.98. The zero-order valence-electron chi connectivity index (χ0n) is 11.7. The molecule has 108 valence electrons. The summed E-state index contributed by atoms with van der Waals surface area (Å²) in [6.45, 7) is 3.13. The van der Waals surface area contributed by atoms with Crippen LogP contribution in [0.4, 0.5) is 0 Å². The van der Waals surface area contributed by atoms with Gasteiger partial charge in [0.1, 0.15) is 0 Å². The van der Waals surface area contributed by atoms with Crippen molar-refractivity contribution in [2.45, 2.75) is 24.8 Å². The fraction of sp³-hybridized carbons (Fsp3) is 0.538. The minimum Gasteiger partial charge on any atom is -0.316 e. The molecule has 0 radical (unpaired) electrons. The molecule has 0 atom stereocenters. The van der Waals surface area contributed by atoms with E-state index in [4.69, 9.17) is 0 Å². The van der Waals surface area contributed by atoms with E-state index in [1.54, 1.807) is 23.9 Å². The topological polar surface area (TPSA) is 58.2 Å². The predicted molar refractivity (Wildman–Crippen MR) is 82.1 cm³/mol. The number of hydrogen-bond donors (Lipinski definition) is 2. The number of thioether (sulfide) groups is 1. The molecule has 19 heavy (non-hydrogen) atoms. The Hall–Kier alpha value is -0.560. The molecule has 0 aliphatic carbocycles. The van der Waals surface area contributed by atoms with Crippen molar-refractivity contribution in [3.05, 3.63) is 29.3 Å². The fourth-order valence-corrected chi connectivity index (χ4v) is 3.26. The monoisotopic (exact) mass is 302 g/mol. The first-order valence-corrected chi connectivity index (χ1v) is 9.11. The maximum Gasteiger partial charge on any atom is 0.240 e. The van der Waals surface area contributed by atoms with E-state index in [9.17, 15) is 8.42 Å². The van der Waals surface area contributed by atoms with Gasteiger partial charge in [-0.15, -0.1) is 0 Å². The normalized spacial score (nSPS) is 11.7. The van der Waals surface area contributed by atoms with Gasteiger partial charge in [0.05, 0.1) is 4.90 Å². The Balaban J connectivity index is 2.80. The minimum absolute atomic E-state index is 0.340. The van der Waals surface area contributed by atoms with Crippen LogP contribution in [0.2, 0.25) is 0 Å². The Kier molecular flexibility index (Phi) is 6.85. The molecule has 2 N–H and O–H groups in total. The molecule has 0 fully saturated rings. The van der Waals surface area contributed by atoms with Crippen LogP contribution < -0.4 is 10.0 Å². The maximum absolute atomic E-state index is 12.1. The molecule has 0 saturated heterocycles. The van der Waals surface area contributed by atoms with Gasteiger partial charge in [0.25, 0.3) is 0 Å². The van der Waals surface area contributed by atoms with Gasteiger partial charge in [-0.3, -0.25) is 0 Å². The second kappa shape index (κ2) is 7.89. The van der Waals surface area contributed by atoms with Crippen LogP contribution in [0, 0.1) is 6.92 Å². The molecule has 0 amide bonds. The lowest BCUT2D eigenvalue weighted by Crippen LogP contribution is -2.25. The van der Waals surface area contributed by atoms with Crippen molar-refractivity contribution in [2.75, 3.05) is 25.6 Å². The highest BCUT2D eigenvalue weighted by atomic mass is 32.2. The summed E-state index contributed by atoms with van der Waals surface area (Å²) in [5.74, 6) is 0.960. The van der Waals surface area contributed by atoms with Gasteiger partial charge in [-0.25, -0.2) is 13.1 Å². The molecule has 1 aromatic carbocycles. The lowest BCUT2D eigenvalue weighted by atomic mass is 10.1. The average Bonchev–Trinajstić information content (AvgIpc) is 2.37. The summed E-state index contributed by atoms with van der Waals surface area (Å²) in [5.41, 5.74) is 2.10. The molecule has 0 aliphatic rings. The quantitative estimate of drug-likeness (QED) is 0.718. The highest BCUT2D eigenvalue weighted by Crippen LogP contribution is 2.15. The standard InChI is InChI=1S/C13H22N2O2S2/c1-11-5-6-13(9-12(11)10-14-2)19(16,17)15-7-4-8-18-3/h5-6,9,14-15H,4,7-8,10H2,1-3H3. The Labute approximate surface area is 120 Å². The zero-order valence-corrected chi connectivity index (χ0v) is 13.3. The van der Waals surface area contributed by atoms with E-state index in [1.165, 1.54) is 0 Å². The average molecular weight is 302 g/mol. The van der Waals surface area contributed by atoms with Crippen molar-refractivity contribution in [1.29, 1.82) is 0 Å². The third-order valence-corrected chi connectivity index (χ3v) is 4.97. The first-order chi connectivity index (χ1) is 9.01. The van der Waals surface area contributed by atoms with E-state index in [0.29, 0.717) is 18.0 Å². The van der Waals surface area contributed by atoms with Gasteiger partial charge in [0.15, 0.2) is 0 Å². The number of nitrogens with one attached hydrogen (secondary N) is 2. The summed E-state index contributed by atoms with van der Waals surface area (Å²) in [6.07, 6.45) is 2.86. The predicted octanol–water partition coefficient (Wildman–Crippen LogP) is 1.75. The Morgan fingerprint density at radius 3 is 2.68 bits per heavy atom. The number of aryl methyl sites for hydroxylation is 1. The van der Waals surface area contributed by atoms with Crippen LogP contribution in [0.5, 0.6) is 0 Å².